The summed E-state index contributed by atoms with van der Waals surface area (Å²) in [5, 5.41) is 8.98. The number of unbranched alkanes of at least 4 members (excludes halogenated alkanes) is 2. The Morgan fingerprint density at radius 3 is 2.62 bits per heavy atom. The lowest BCUT2D eigenvalue weighted by atomic mass is 10.1. The first-order valence-corrected chi connectivity index (χ1v) is 4.89. The lowest BCUT2D eigenvalue weighted by Crippen LogP contribution is -1.97. The Kier molecular flexibility index (Phi) is 8.68. The molecule has 0 saturated heterocycles. The molecule has 1 atom stereocenters. The van der Waals surface area contributed by atoms with E-state index in [-0.39, 0.29) is 6.10 Å². The topological polar surface area (TPSA) is 20.2 Å². The molecule has 1 N–H and O–H groups in total. The first kappa shape index (κ1) is 12.2. The molecule has 0 spiro atoms. The van der Waals surface area contributed by atoms with Crippen LogP contribution in [0, 0.1) is 0 Å². The van der Waals surface area contributed by atoms with Gasteiger partial charge in [0.1, 0.15) is 0 Å². The first-order chi connectivity index (χ1) is 6.27. The smallest absolute Gasteiger partial charge is 0.0512 e. The predicted octanol–water partition coefficient (Wildman–Crippen LogP) is 3.23. The van der Waals surface area contributed by atoms with Crippen molar-refractivity contribution < 1.29 is 5.11 Å². The van der Waals surface area contributed by atoms with Crippen molar-refractivity contribution in [1.29, 1.82) is 0 Å². The number of rotatable bonds is 7. The van der Waals surface area contributed by atoms with Crippen LogP contribution in [0.15, 0.2) is 37.0 Å². The van der Waals surface area contributed by atoms with Gasteiger partial charge in [-0.15, -0.1) is 0 Å². The van der Waals surface area contributed by atoms with Crippen molar-refractivity contribution in [2.75, 3.05) is 0 Å². The molecule has 1 nitrogen and oxygen atoms in total. The first-order valence-electron chi connectivity index (χ1n) is 4.89. The van der Waals surface area contributed by atoms with Crippen LogP contribution in [0.2, 0.25) is 0 Å². The summed E-state index contributed by atoms with van der Waals surface area (Å²) in [6.45, 7) is 5.41. The van der Waals surface area contributed by atoms with Gasteiger partial charge in [0.25, 0.3) is 0 Å². The molecule has 0 aromatic carbocycles. The van der Waals surface area contributed by atoms with E-state index in [1.165, 1.54) is 0 Å². The van der Waals surface area contributed by atoms with Crippen LogP contribution in [0.1, 0.15) is 32.6 Å². The molecule has 0 bridgehead atoms. The Morgan fingerprint density at radius 2 is 2.00 bits per heavy atom. The van der Waals surface area contributed by atoms with Crippen molar-refractivity contribution in [1.82, 2.24) is 0 Å². The molecule has 0 aliphatic carbocycles. The molecule has 0 aliphatic heterocycles. The van der Waals surface area contributed by atoms with Crippen LogP contribution in [0.3, 0.4) is 0 Å². The van der Waals surface area contributed by atoms with Gasteiger partial charge in [-0.3, -0.25) is 0 Å². The highest BCUT2D eigenvalue weighted by atomic mass is 16.3. The molecule has 1 unspecified atom stereocenters. The predicted molar refractivity (Wildman–Crippen MR) is 58.6 cm³/mol. The second kappa shape index (κ2) is 9.27. The van der Waals surface area contributed by atoms with Gasteiger partial charge in [0.2, 0.25) is 0 Å². The standard InChI is InChI=1S/C12H20O/c1-3-4-5-6-7-8-9-10-11-12(2)13/h3-7,12-13H,1,8-11H2,2H3/b5-4+,7-6+. The fraction of sp³-hybridized carbons (Fsp3) is 0.500. The molecule has 0 saturated carbocycles. The van der Waals surface area contributed by atoms with Gasteiger partial charge in [-0.1, -0.05) is 43.4 Å². The summed E-state index contributed by atoms with van der Waals surface area (Å²) in [4.78, 5) is 0. The second-order valence-corrected chi connectivity index (χ2v) is 3.18. The van der Waals surface area contributed by atoms with Gasteiger partial charge in [-0.25, -0.2) is 0 Å². The molecule has 0 aromatic heterocycles. The minimum Gasteiger partial charge on any atom is -0.393 e. The quantitative estimate of drug-likeness (QED) is 0.471. The Labute approximate surface area is 81.5 Å². The number of aliphatic hydroxyl groups is 1. The van der Waals surface area contributed by atoms with Gasteiger partial charge in [0.05, 0.1) is 6.10 Å². The highest BCUT2D eigenvalue weighted by Gasteiger charge is 1.92. The molecule has 0 heterocycles. The van der Waals surface area contributed by atoms with E-state index in [0.29, 0.717) is 0 Å². The molecule has 0 aliphatic rings. The normalized spacial score (nSPS) is 14.0. The molecule has 0 rings (SSSR count). The molecule has 0 fully saturated rings. The van der Waals surface area contributed by atoms with Gasteiger partial charge in [-0.2, -0.15) is 0 Å². The second-order valence-electron chi connectivity index (χ2n) is 3.18. The third-order valence-corrected chi connectivity index (χ3v) is 1.74. The molecular weight excluding hydrogens is 160 g/mol. The van der Waals surface area contributed by atoms with E-state index in [2.05, 4.69) is 12.7 Å². The Bertz CT molecular complexity index is 166. The Balaban J connectivity index is 3.20. The molecule has 0 radical (unpaired) electrons. The zero-order chi connectivity index (χ0) is 9.94. The summed E-state index contributed by atoms with van der Waals surface area (Å²) in [6, 6.07) is 0. The van der Waals surface area contributed by atoms with Crippen molar-refractivity contribution in [3.63, 3.8) is 0 Å². The minimum absolute atomic E-state index is 0.148. The number of allylic oxidation sites excluding steroid dienone is 5. The zero-order valence-corrected chi connectivity index (χ0v) is 8.45. The van der Waals surface area contributed by atoms with Gasteiger partial charge in [0.15, 0.2) is 0 Å². The van der Waals surface area contributed by atoms with Crippen LogP contribution in [-0.4, -0.2) is 11.2 Å². The van der Waals surface area contributed by atoms with Crippen LogP contribution in [-0.2, 0) is 0 Å². The fourth-order valence-electron chi connectivity index (χ4n) is 1.02. The van der Waals surface area contributed by atoms with Crippen LogP contribution in [0.25, 0.3) is 0 Å². The van der Waals surface area contributed by atoms with Crippen molar-refractivity contribution in [3.05, 3.63) is 37.0 Å². The van der Waals surface area contributed by atoms with Gasteiger partial charge in [-0.05, 0) is 26.2 Å². The van der Waals surface area contributed by atoms with E-state index in [9.17, 15) is 0 Å². The van der Waals surface area contributed by atoms with Gasteiger partial charge in [0, 0.05) is 0 Å². The Morgan fingerprint density at radius 1 is 1.23 bits per heavy atom. The summed E-state index contributed by atoms with van der Waals surface area (Å²) in [5.41, 5.74) is 0. The molecular formula is C12H20O. The SMILES string of the molecule is C=C/C=C/C=C/CCCCC(C)O. The molecule has 74 valence electrons. The van der Waals surface area contributed by atoms with Crippen LogP contribution in [0.4, 0.5) is 0 Å². The zero-order valence-electron chi connectivity index (χ0n) is 8.45. The summed E-state index contributed by atoms with van der Waals surface area (Å²) in [6.07, 6.45) is 13.9. The largest absolute Gasteiger partial charge is 0.393 e. The van der Waals surface area contributed by atoms with E-state index < -0.39 is 0 Å². The molecule has 0 aromatic rings. The molecule has 0 amide bonds. The molecule has 1 heteroatoms. The fourth-order valence-corrected chi connectivity index (χ4v) is 1.02. The molecule has 13 heavy (non-hydrogen) atoms. The third-order valence-electron chi connectivity index (χ3n) is 1.74. The van der Waals surface area contributed by atoms with E-state index in [1.54, 1.807) is 6.08 Å². The van der Waals surface area contributed by atoms with Crippen molar-refractivity contribution in [2.45, 2.75) is 38.7 Å². The number of hydrogen-bond donors (Lipinski definition) is 1. The van der Waals surface area contributed by atoms with Crippen LogP contribution < -0.4 is 0 Å². The minimum atomic E-state index is -0.148. The van der Waals surface area contributed by atoms with E-state index in [0.717, 1.165) is 25.7 Å². The highest BCUT2D eigenvalue weighted by Crippen LogP contribution is 2.03. The average molecular weight is 180 g/mol. The maximum atomic E-state index is 8.98. The lowest BCUT2D eigenvalue weighted by molar-refractivity contribution is 0.181. The van der Waals surface area contributed by atoms with E-state index in [4.69, 9.17) is 5.11 Å². The van der Waals surface area contributed by atoms with Gasteiger partial charge >= 0.3 is 0 Å². The summed E-state index contributed by atoms with van der Waals surface area (Å²) < 4.78 is 0. The van der Waals surface area contributed by atoms with Crippen molar-refractivity contribution in [2.24, 2.45) is 0 Å². The monoisotopic (exact) mass is 180 g/mol. The number of hydrogen-bond acceptors (Lipinski definition) is 1. The number of aliphatic hydroxyl groups excluding tert-OH is 1. The van der Waals surface area contributed by atoms with E-state index in [1.807, 2.05) is 25.2 Å². The Hall–Kier alpha value is -0.820. The summed E-state index contributed by atoms with van der Waals surface area (Å²) in [7, 11) is 0. The summed E-state index contributed by atoms with van der Waals surface area (Å²) in [5.74, 6) is 0. The average Bonchev–Trinajstić information content (AvgIpc) is 2.09. The maximum Gasteiger partial charge on any atom is 0.0512 e. The van der Waals surface area contributed by atoms with Crippen molar-refractivity contribution >= 4 is 0 Å². The summed E-state index contributed by atoms with van der Waals surface area (Å²) >= 11 is 0. The van der Waals surface area contributed by atoms with Gasteiger partial charge < -0.3 is 5.11 Å². The highest BCUT2D eigenvalue weighted by molar-refractivity contribution is 5.08. The van der Waals surface area contributed by atoms with E-state index >= 15 is 0 Å². The third kappa shape index (κ3) is 11.2. The maximum absolute atomic E-state index is 8.98. The van der Waals surface area contributed by atoms with Crippen LogP contribution >= 0.6 is 0 Å². The van der Waals surface area contributed by atoms with Crippen molar-refractivity contribution in [3.8, 4) is 0 Å². The van der Waals surface area contributed by atoms with Crippen LogP contribution in [0.5, 0.6) is 0 Å². The lowest BCUT2D eigenvalue weighted by Gasteiger charge is -2.00.